The fraction of sp³-hybridized carbons (Fsp3) is 0.407. The molecular formula is C27H30N4O3S. The first-order valence-electron chi connectivity index (χ1n) is 12.2. The molecule has 8 heteroatoms. The Bertz CT molecular complexity index is 1310. The zero-order valence-corrected chi connectivity index (χ0v) is 20.9. The van der Waals surface area contributed by atoms with Gasteiger partial charge in [-0.3, -0.25) is 0 Å². The highest BCUT2D eigenvalue weighted by molar-refractivity contribution is 7.20. The lowest BCUT2D eigenvalue weighted by Crippen LogP contribution is -2.41. The first kappa shape index (κ1) is 23.5. The first-order chi connectivity index (χ1) is 17.0. The first-order valence-corrected chi connectivity index (χ1v) is 13.1. The van der Waals surface area contributed by atoms with Crippen LogP contribution in [0, 0.1) is 5.92 Å². The highest BCUT2D eigenvalue weighted by Gasteiger charge is 2.42. The van der Waals surface area contributed by atoms with Crippen LogP contribution in [0.25, 0.3) is 10.2 Å². The smallest absolute Gasteiger partial charge is 0.335 e. The molecule has 1 saturated carbocycles. The van der Waals surface area contributed by atoms with Crippen molar-refractivity contribution in [3.05, 3.63) is 71.8 Å². The van der Waals surface area contributed by atoms with Gasteiger partial charge in [-0.2, -0.15) is 5.10 Å². The number of benzene rings is 2. The van der Waals surface area contributed by atoms with Crippen LogP contribution in [0.4, 0.5) is 0 Å². The molecule has 2 heterocycles. The Kier molecular flexibility index (Phi) is 6.56. The van der Waals surface area contributed by atoms with Crippen LogP contribution < -0.4 is 4.74 Å². The lowest BCUT2D eigenvalue weighted by molar-refractivity contribution is 0.0686. The van der Waals surface area contributed by atoms with Crippen molar-refractivity contribution in [2.24, 2.45) is 5.92 Å². The van der Waals surface area contributed by atoms with Crippen molar-refractivity contribution in [3.8, 4) is 5.19 Å². The minimum absolute atomic E-state index is 0.120. The summed E-state index contributed by atoms with van der Waals surface area (Å²) in [6, 6.07) is 13.8. The van der Waals surface area contributed by atoms with Crippen LogP contribution in [-0.2, 0) is 5.41 Å². The maximum atomic E-state index is 11.8. The van der Waals surface area contributed by atoms with E-state index in [1.807, 2.05) is 16.8 Å². The van der Waals surface area contributed by atoms with Crippen LogP contribution >= 0.6 is 11.3 Å². The number of aromatic nitrogens is 4. The summed E-state index contributed by atoms with van der Waals surface area (Å²) >= 11 is 1.54. The minimum atomic E-state index is -0.890. The average Bonchev–Trinajstić information content (AvgIpc) is 3.51. The maximum Gasteiger partial charge on any atom is 0.335 e. The van der Waals surface area contributed by atoms with E-state index in [1.54, 1.807) is 24.8 Å². The van der Waals surface area contributed by atoms with Crippen molar-refractivity contribution in [1.82, 2.24) is 19.7 Å². The Balaban J connectivity index is 1.40. The number of hydrogen-bond donors (Lipinski definition) is 1. The lowest BCUT2D eigenvalue weighted by atomic mass is 9.64. The van der Waals surface area contributed by atoms with E-state index in [0.29, 0.717) is 23.3 Å². The molecule has 0 amide bonds. The van der Waals surface area contributed by atoms with Gasteiger partial charge in [0.05, 0.1) is 21.8 Å². The summed E-state index contributed by atoms with van der Waals surface area (Å²) in [6.45, 7) is 4.86. The normalized spacial score (nSPS) is 15.7. The number of rotatable bonds is 10. The highest BCUT2D eigenvalue weighted by Crippen LogP contribution is 2.46. The van der Waals surface area contributed by atoms with Crippen LogP contribution in [0.3, 0.4) is 0 Å². The number of carboxylic acids is 1. The fourth-order valence-corrected chi connectivity index (χ4v) is 6.19. The van der Waals surface area contributed by atoms with Crippen LogP contribution in [0.2, 0.25) is 0 Å². The van der Waals surface area contributed by atoms with Gasteiger partial charge in [0.25, 0.3) is 5.19 Å². The van der Waals surface area contributed by atoms with Crippen LogP contribution in [-0.4, -0.2) is 37.4 Å². The third kappa shape index (κ3) is 4.43. The van der Waals surface area contributed by atoms with E-state index >= 15 is 0 Å². The number of ether oxygens (including phenoxy) is 1. The van der Waals surface area contributed by atoms with E-state index in [9.17, 15) is 9.90 Å². The molecule has 1 aliphatic carbocycles. The van der Waals surface area contributed by atoms with E-state index in [-0.39, 0.29) is 11.5 Å². The van der Waals surface area contributed by atoms with E-state index < -0.39 is 5.97 Å². The zero-order chi connectivity index (χ0) is 24.4. The molecule has 0 aliphatic heterocycles. The molecule has 1 N–H and O–H groups in total. The predicted molar refractivity (Wildman–Crippen MR) is 136 cm³/mol. The maximum absolute atomic E-state index is 11.8. The van der Waals surface area contributed by atoms with Gasteiger partial charge in [-0.1, -0.05) is 68.7 Å². The lowest BCUT2D eigenvalue weighted by Gasteiger charge is -2.42. The third-order valence-corrected chi connectivity index (χ3v) is 8.39. The van der Waals surface area contributed by atoms with Crippen molar-refractivity contribution in [1.29, 1.82) is 0 Å². The summed E-state index contributed by atoms with van der Waals surface area (Å²) in [5.41, 5.74) is 3.06. The third-order valence-electron chi connectivity index (χ3n) is 7.46. The Morgan fingerprint density at radius 1 is 1.20 bits per heavy atom. The summed E-state index contributed by atoms with van der Waals surface area (Å²) in [4.78, 5) is 20.7. The van der Waals surface area contributed by atoms with Gasteiger partial charge in [-0.25, -0.2) is 19.4 Å². The second-order valence-corrected chi connectivity index (χ2v) is 10.4. The molecule has 2 aromatic carbocycles. The van der Waals surface area contributed by atoms with Gasteiger partial charge < -0.3 is 9.84 Å². The molecule has 7 nitrogen and oxygen atoms in total. The van der Waals surface area contributed by atoms with Gasteiger partial charge in [-0.15, -0.1) is 0 Å². The molecule has 2 aromatic heterocycles. The number of thiazole rings is 1. The highest BCUT2D eigenvalue weighted by atomic mass is 32.1. The topological polar surface area (TPSA) is 90.1 Å². The molecule has 0 spiro atoms. The molecule has 0 radical (unpaired) electrons. The Hall–Kier alpha value is -3.26. The molecule has 1 fully saturated rings. The molecular weight excluding hydrogens is 460 g/mol. The van der Waals surface area contributed by atoms with Crippen LogP contribution in [0.1, 0.15) is 73.5 Å². The summed E-state index contributed by atoms with van der Waals surface area (Å²) < 4.78 is 9.26. The van der Waals surface area contributed by atoms with Gasteiger partial charge >= 0.3 is 5.97 Å². The van der Waals surface area contributed by atoms with Crippen LogP contribution in [0.5, 0.6) is 5.19 Å². The molecule has 1 aliphatic rings. The number of hydrogen-bond acceptors (Lipinski definition) is 6. The molecule has 0 saturated heterocycles. The Morgan fingerprint density at radius 3 is 2.66 bits per heavy atom. The monoisotopic (exact) mass is 490 g/mol. The Labute approximate surface area is 208 Å². The largest absolute Gasteiger partial charge is 0.478 e. The number of carbonyl (C=O) groups is 1. The summed E-state index contributed by atoms with van der Waals surface area (Å²) in [7, 11) is 0. The minimum Gasteiger partial charge on any atom is -0.478 e. The van der Waals surface area contributed by atoms with E-state index in [2.05, 4.69) is 42.1 Å². The van der Waals surface area contributed by atoms with Gasteiger partial charge in [0.1, 0.15) is 19.3 Å². The van der Waals surface area contributed by atoms with Crippen molar-refractivity contribution >= 4 is 27.5 Å². The van der Waals surface area contributed by atoms with Crippen molar-refractivity contribution < 1.29 is 14.6 Å². The fourth-order valence-electron chi connectivity index (χ4n) is 5.33. The van der Waals surface area contributed by atoms with E-state index in [1.165, 1.54) is 16.9 Å². The molecule has 1 atom stereocenters. The number of fused-ring (bicyclic) bond motifs is 1. The summed E-state index contributed by atoms with van der Waals surface area (Å²) in [6.07, 6.45) is 8.39. The Morgan fingerprint density at radius 2 is 2.00 bits per heavy atom. The molecule has 35 heavy (non-hydrogen) atoms. The van der Waals surface area contributed by atoms with Crippen molar-refractivity contribution in [3.63, 3.8) is 0 Å². The molecule has 5 rings (SSSR count). The molecule has 0 bridgehead atoms. The standard InChI is InChI=1S/C27H30N4O3S/c1-3-18(4-2)24(31-17-28-16-29-31)19-10-11-22-23(14-19)35-26(30-22)34-15-27(12-7-13-27)21-9-6-5-8-20(21)25(32)33/h5-6,8-11,14,16-18,24H,3-4,7,12-13,15H2,1-2H3,(H,32,33). The van der Waals surface area contributed by atoms with Crippen LogP contribution in [0.15, 0.2) is 55.1 Å². The number of aromatic carboxylic acids is 1. The quantitative estimate of drug-likeness (QED) is 0.288. The second-order valence-electron chi connectivity index (χ2n) is 9.38. The van der Waals surface area contributed by atoms with Crippen molar-refractivity contribution in [2.75, 3.05) is 6.61 Å². The number of nitrogens with zero attached hydrogens (tertiary/aromatic N) is 4. The number of carboxylic acid groups (broad SMARTS) is 1. The summed E-state index contributed by atoms with van der Waals surface area (Å²) in [5.74, 6) is -0.440. The molecule has 182 valence electrons. The van der Waals surface area contributed by atoms with Gasteiger partial charge in [0.15, 0.2) is 0 Å². The van der Waals surface area contributed by atoms with E-state index in [0.717, 1.165) is 47.9 Å². The average molecular weight is 491 g/mol. The van der Waals surface area contributed by atoms with E-state index in [4.69, 9.17) is 9.72 Å². The van der Waals surface area contributed by atoms with Gasteiger partial charge in [0.2, 0.25) is 0 Å². The van der Waals surface area contributed by atoms with Gasteiger partial charge in [-0.05, 0) is 48.1 Å². The molecule has 1 unspecified atom stereocenters. The SMILES string of the molecule is CCC(CC)C(c1ccc2nc(OCC3(c4ccccc4C(=O)O)CCC3)sc2c1)n1cncn1. The van der Waals surface area contributed by atoms with Gasteiger partial charge in [0, 0.05) is 5.41 Å². The van der Waals surface area contributed by atoms with Crippen molar-refractivity contribution in [2.45, 2.75) is 57.4 Å². The zero-order valence-electron chi connectivity index (χ0n) is 20.1. The second kappa shape index (κ2) is 9.77. The molecule has 4 aromatic rings. The summed E-state index contributed by atoms with van der Waals surface area (Å²) in [5, 5.41) is 14.7. The predicted octanol–water partition coefficient (Wildman–Crippen LogP) is 6.11.